The normalized spacial score (nSPS) is 10.2. The van der Waals surface area contributed by atoms with Crippen molar-refractivity contribution in [1.29, 1.82) is 0 Å². The molecular formula is C13H21N3O2. The molecule has 4 N–H and O–H groups in total. The number of hydrogen-bond acceptors (Lipinski definition) is 4. The maximum absolute atomic E-state index is 10.7. The fourth-order valence-electron chi connectivity index (χ4n) is 1.49. The van der Waals surface area contributed by atoms with E-state index in [-0.39, 0.29) is 12.0 Å². The van der Waals surface area contributed by atoms with Gasteiger partial charge in [-0.25, -0.2) is 0 Å². The molecule has 0 fully saturated rings. The van der Waals surface area contributed by atoms with Crippen molar-refractivity contribution >= 4 is 17.3 Å². The molecule has 1 aromatic rings. The quantitative estimate of drug-likeness (QED) is 0.530. The van der Waals surface area contributed by atoms with E-state index in [9.17, 15) is 4.79 Å². The van der Waals surface area contributed by atoms with Crippen molar-refractivity contribution in [3.8, 4) is 5.75 Å². The number of anilines is 2. The van der Waals surface area contributed by atoms with Crippen LogP contribution in [0.4, 0.5) is 11.4 Å². The van der Waals surface area contributed by atoms with Crippen molar-refractivity contribution in [3.05, 3.63) is 18.2 Å². The maximum atomic E-state index is 10.7. The van der Waals surface area contributed by atoms with Crippen molar-refractivity contribution in [2.24, 2.45) is 0 Å². The maximum Gasteiger partial charge on any atom is 0.216 e. The third-order valence-corrected chi connectivity index (χ3v) is 2.24. The summed E-state index contributed by atoms with van der Waals surface area (Å²) in [6.45, 7) is 6.58. The summed E-state index contributed by atoms with van der Waals surface area (Å²) in [5, 5.41) is 5.87. The first-order valence-corrected chi connectivity index (χ1v) is 6.04. The monoisotopic (exact) mass is 251 g/mol. The summed E-state index contributed by atoms with van der Waals surface area (Å²) >= 11 is 0. The summed E-state index contributed by atoms with van der Waals surface area (Å²) in [5.41, 5.74) is 7.41. The molecule has 100 valence electrons. The highest BCUT2D eigenvalue weighted by molar-refractivity contribution is 5.74. The van der Waals surface area contributed by atoms with E-state index in [0.717, 1.165) is 5.69 Å². The SMILES string of the molecule is CC(=O)NCCNc1cccc(OC(C)C)c1N. The van der Waals surface area contributed by atoms with Gasteiger partial charge in [0.2, 0.25) is 5.91 Å². The van der Waals surface area contributed by atoms with Crippen LogP contribution in [-0.2, 0) is 4.79 Å². The molecule has 0 unspecified atom stereocenters. The van der Waals surface area contributed by atoms with E-state index in [4.69, 9.17) is 10.5 Å². The first-order chi connectivity index (χ1) is 8.50. The molecule has 0 spiro atoms. The van der Waals surface area contributed by atoms with Gasteiger partial charge in [-0.3, -0.25) is 4.79 Å². The third kappa shape index (κ3) is 4.53. The lowest BCUT2D eigenvalue weighted by Gasteiger charge is -2.15. The number of nitrogens with one attached hydrogen (secondary N) is 2. The van der Waals surface area contributed by atoms with Crippen LogP contribution >= 0.6 is 0 Å². The lowest BCUT2D eigenvalue weighted by molar-refractivity contribution is -0.118. The number of ether oxygens (including phenoxy) is 1. The molecule has 1 rings (SSSR count). The Hall–Kier alpha value is -1.91. The molecule has 0 atom stereocenters. The summed E-state index contributed by atoms with van der Waals surface area (Å²) in [6, 6.07) is 5.61. The number of amides is 1. The Bertz CT molecular complexity index is 405. The van der Waals surface area contributed by atoms with Crippen LogP contribution in [0.2, 0.25) is 0 Å². The van der Waals surface area contributed by atoms with Gasteiger partial charge in [0.1, 0.15) is 5.75 Å². The fourth-order valence-corrected chi connectivity index (χ4v) is 1.49. The molecule has 0 aliphatic rings. The highest BCUT2D eigenvalue weighted by atomic mass is 16.5. The Kier molecular flexibility index (Phi) is 5.30. The summed E-state index contributed by atoms with van der Waals surface area (Å²) in [4.78, 5) is 10.7. The van der Waals surface area contributed by atoms with Crippen LogP contribution in [0.5, 0.6) is 5.75 Å². The molecule has 0 heterocycles. The molecule has 0 saturated carbocycles. The lowest BCUT2D eigenvalue weighted by Crippen LogP contribution is -2.26. The van der Waals surface area contributed by atoms with Crippen LogP contribution < -0.4 is 21.1 Å². The van der Waals surface area contributed by atoms with Gasteiger partial charge in [-0.05, 0) is 26.0 Å². The van der Waals surface area contributed by atoms with Crippen LogP contribution in [0.15, 0.2) is 18.2 Å². The summed E-state index contributed by atoms with van der Waals surface area (Å²) in [7, 11) is 0. The topological polar surface area (TPSA) is 76.4 Å². The van der Waals surface area contributed by atoms with Crippen molar-refractivity contribution in [3.63, 3.8) is 0 Å². The summed E-state index contributed by atoms with van der Waals surface area (Å²) in [5.74, 6) is 0.635. The van der Waals surface area contributed by atoms with E-state index in [1.165, 1.54) is 6.92 Å². The second-order valence-electron chi connectivity index (χ2n) is 4.29. The number of carbonyl (C=O) groups excluding carboxylic acids is 1. The summed E-state index contributed by atoms with van der Waals surface area (Å²) in [6.07, 6.45) is 0.0851. The third-order valence-electron chi connectivity index (χ3n) is 2.24. The molecular weight excluding hydrogens is 230 g/mol. The van der Waals surface area contributed by atoms with Crippen molar-refractivity contribution in [2.75, 3.05) is 24.1 Å². The Balaban J connectivity index is 2.57. The van der Waals surface area contributed by atoms with Gasteiger partial charge in [0.15, 0.2) is 0 Å². The number of carbonyl (C=O) groups is 1. The van der Waals surface area contributed by atoms with E-state index in [2.05, 4.69) is 10.6 Å². The van der Waals surface area contributed by atoms with Crippen LogP contribution in [-0.4, -0.2) is 25.1 Å². The fraction of sp³-hybridized carbons (Fsp3) is 0.462. The molecule has 0 aliphatic heterocycles. The molecule has 5 nitrogen and oxygen atoms in total. The molecule has 0 radical (unpaired) electrons. The second kappa shape index (κ2) is 6.74. The van der Waals surface area contributed by atoms with Gasteiger partial charge in [0.05, 0.1) is 17.5 Å². The minimum atomic E-state index is -0.0401. The number of nitrogens with two attached hydrogens (primary N) is 1. The van der Waals surface area contributed by atoms with E-state index < -0.39 is 0 Å². The Labute approximate surface area is 108 Å². The van der Waals surface area contributed by atoms with Gasteiger partial charge >= 0.3 is 0 Å². The predicted octanol–water partition coefficient (Wildman–Crippen LogP) is 1.60. The molecule has 0 aliphatic carbocycles. The minimum absolute atomic E-state index is 0.0401. The van der Waals surface area contributed by atoms with Crippen LogP contribution in [0.1, 0.15) is 20.8 Å². The molecule has 1 amide bonds. The van der Waals surface area contributed by atoms with Crippen LogP contribution in [0, 0.1) is 0 Å². The number of nitrogen functional groups attached to an aromatic ring is 1. The zero-order chi connectivity index (χ0) is 13.5. The molecule has 5 heteroatoms. The van der Waals surface area contributed by atoms with E-state index in [1.807, 2.05) is 32.0 Å². The highest BCUT2D eigenvalue weighted by Gasteiger charge is 2.06. The van der Waals surface area contributed by atoms with Gasteiger partial charge in [0.25, 0.3) is 0 Å². The number of rotatable bonds is 6. The standard InChI is InChI=1S/C13H21N3O2/c1-9(2)18-12-6-4-5-11(13(12)14)16-8-7-15-10(3)17/h4-6,9,16H,7-8,14H2,1-3H3,(H,15,17). The average Bonchev–Trinajstić information content (AvgIpc) is 2.28. The largest absolute Gasteiger partial charge is 0.489 e. The Morgan fingerprint density at radius 1 is 1.39 bits per heavy atom. The summed E-state index contributed by atoms with van der Waals surface area (Å²) < 4.78 is 5.60. The Morgan fingerprint density at radius 3 is 2.72 bits per heavy atom. The van der Waals surface area contributed by atoms with Gasteiger partial charge in [-0.15, -0.1) is 0 Å². The molecule has 1 aromatic carbocycles. The molecule has 0 aromatic heterocycles. The van der Waals surface area contributed by atoms with Gasteiger partial charge in [0, 0.05) is 20.0 Å². The number of benzene rings is 1. The van der Waals surface area contributed by atoms with Crippen molar-refractivity contribution in [2.45, 2.75) is 26.9 Å². The van der Waals surface area contributed by atoms with Gasteiger partial charge in [-0.1, -0.05) is 6.07 Å². The second-order valence-corrected chi connectivity index (χ2v) is 4.29. The number of para-hydroxylation sites is 1. The smallest absolute Gasteiger partial charge is 0.216 e. The molecule has 0 saturated heterocycles. The van der Waals surface area contributed by atoms with E-state index >= 15 is 0 Å². The lowest BCUT2D eigenvalue weighted by atomic mass is 10.2. The first kappa shape index (κ1) is 14.2. The predicted molar refractivity (Wildman–Crippen MR) is 73.8 cm³/mol. The minimum Gasteiger partial charge on any atom is -0.489 e. The van der Waals surface area contributed by atoms with E-state index in [1.54, 1.807) is 0 Å². The van der Waals surface area contributed by atoms with Gasteiger partial charge < -0.3 is 21.1 Å². The average molecular weight is 251 g/mol. The van der Waals surface area contributed by atoms with Crippen molar-refractivity contribution < 1.29 is 9.53 Å². The van der Waals surface area contributed by atoms with Crippen molar-refractivity contribution in [1.82, 2.24) is 5.32 Å². The number of hydrogen-bond donors (Lipinski definition) is 3. The van der Waals surface area contributed by atoms with Crippen LogP contribution in [0.3, 0.4) is 0 Å². The van der Waals surface area contributed by atoms with E-state index in [0.29, 0.717) is 24.5 Å². The zero-order valence-electron chi connectivity index (χ0n) is 11.1. The Morgan fingerprint density at radius 2 is 2.11 bits per heavy atom. The van der Waals surface area contributed by atoms with Crippen LogP contribution in [0.25, 0.3) is 0 Å². The first-order valence-electron chi connectivity index (χ1n) is 6.04. The van der Waals surface area contributed by atoms with Gasteiger partial charge in [-0.2, -0.15) is 0 Å². The molecule has 18 heavy (non-hydrogen) atoms. The molecule has 0 bridgehead atoms. The highest BCUT2D eigenvalue weighted by Crippen LogP contribution is 2.29. The zero-order valence-corrected chi connectivity index (χ0v) is 11.1.